The Bertz CT molecular complexity index is 379. The van der Waals surface area contributed by atoms with Crippen molar-refractivity contribution < 1.29 is 19.4 Å². The summed E-state index contributed by atoms with van der Waals surface area (Å²) in [4.78, 5) is 9.93. The van der Waals surface area contributed by atoms with Crippen LogP contribution < -0.4 is 15.2 Å². The molecule has 0 radical (unpaired) electrons. The van der Waals surface area contributed by atoms with Crippen LogP contribution in [0.5, 0.6) is 11.5 Å². The number of methoxy groups -OCH3 is 2. The molecule has 0 aliphatic carbocycles. The third-order valence-corrected chi connectivity index (χ3v) is 2.47. The number of nitrogen functional groups attached to an aromatic ring is 1. The van der Waals surface area contributed by atoms with E-state index in [1.807, 2.05) is 6.92 Å². The van der Waals surface area contributed by atoms with E-state index in [1.165, 1.54) is 0 Å². The summed E-state index contributed by atoms with van der Waals surface area (Å²) in [7, 11) is 3.18. The monoisotopic (exact) mass is 255 g/mol. The molecule has 0 bridgehead atoms. The second kappa shape index (κ2) is 8.22. The van der Waals surface area contributed by atoms with Gasteiger partial charge in [0.05, 0.1) is 25.8 Å². The number of anilines is 1. The minimum absolute atomic E-state index is 0.181. The maximum absolute atomic E-state index is 9.93. The van der Waals surface area contributed by atoms with Crippen molar-refractivity contribution in [2.24, 2.45) is 5.92 Å². The predicted octanol–water partition coefficient (Wildman–Crippen LogP) is 2.40. The first-order chi connectivity index (χ1) is 8.46. The summed E-state index contributed by atoms with van der Waals surface area (Å²) in [5, 5.41) is 8.18. The molecule has 0 saturated heterocycles. The standard InChI is InChI=1S/C8H11NO2.C5H10O2/c1-10-6-3-4-7(9)8(5-6)11-2;1-3-4(2)5(6)7/h3-5H,9H2,1-2H3;4H,3H2,1-2H3,(H,6,7). The number of hydrogen-bond acceptors (Lipinski definition) is 4. The van der Waals surface area contributed by atoms with Gasteiger partial charge in [-0.3, -0.25) is 4.79 Å². The number of carboxylic acids is 1. The summed E-state index contributed by atoms with van der Waals surface area (Å²) in [6, 6.07) is 5.28. The normalized spacial score (nSPS) is 10.9. The van der Waals surface area contributed by atoms with Gasteiger partial charge >= 0.3 is 5.97 Å². The van der Waals surface area contributed by atoms with Gasteiger partial charge in [-0.2, -0.15) is 0 Å². The predicted molar refractivity (Wildman–Crippen MR) is 71.0 cm³/mol. The highest BCUT2D eigenvalue weighted by Gasteiger charge is 2.05. The Morgan fingerprint density at radius 2 is 2.00 bits per heavy atom. The van der Waals surface area contributed by atoms with Gasteiger partial charge in [0, 0.05) is 6.07 Å². The lowest BCUT2D eigenvalue weighted by atomic mass is 10.1. The number of benzene rings is 1. The van der Waals surface area contributed by atoms with Crippen molar-refractivity contribution in [1.29, 1.82) is 0 Å². The first kappa shape index (κ1) is 16.1. The summed E-state index contributed by atoms with van der Waals surface area (Å²) in [6.45, 7) is 3.56. The minimum Gasteiger partial charge on any atom is -0.497 e. The Labute approximate surface area is 108 Å². The minimum atomic E-state index is -0.706. The highest BCUT2D eigenvalue weighted by atomic mass is 16.5. The zero-order chi connectivity index (χ0) is 14.1. The topological polar surface area (TPSA) is 81.8 Å². The molecule has 102 valence electrons. The van der Waals surface area contributed by atoms with E-state index in [0.717, 1.165) is 12.2 Å². The third-order valence-electron chi connectivity index (χ3n) is 2.47. The molecule has 0 aliphatic rings. The molecule has 0 saturated carbocycles. The Morgan fingerprint density at radius 3 is 2.33 bits per heavy atom. The van der Waals surface area contributed by atoms with Crippen molar-refractivity contribution in [3.05, 3.63) is 18.2 Å². The molecule has 5 heteroatoms. The van der Waals surface area contributed by atoms with Gasteiger partial charge in [0.2, 0.25) is 0 Å². The summed E-state index contributed by atoms with van der Waals surface area (Å²) in [5.41, 5.74) is 6.19. The van der Waals surface area contributed by atoms with E-state index in [4.69, 9.17) is 20.3 Å². The number of carbonyl (C=O) groups is 1. The van der Waals surface area contributed by atoms with Crippen LogP contribution in [-0.4, -0.2) is 25.3 Å². The van der Waals surface area contributed by atoms with Crippen LogP contribution in [0.2, 0.25) is 0 Å². The van der Waals surface area contributed by atoms with E-state index in [-0.39, 0.29) is 5.92 Å². The van der Waals surface area contributed by atoms with Crippen molar-refractivity contribution >= 4 is 11.7 Å². The molecule has 5 nitrogen and oxygen atoms in total. The Hall–Kier alpha value is -1.91. The molecular weight excluding hydrogens is 234 g/mol. The molecule has 1 atom stereocenters. The van der Waals surface area contributed by atoms with E-state index >= 15 is 0 Å². The van der Waals surface area contributed by atoms with Crippen LogP contribution in [0.3, 0.4) is 0 Å². The molecule has 18 heavy (non-hydrogen) atoms. The van der Waals surface area contributed by atoms with Crippen molar-refractivity contribution in [3.63, 3.8) is 0 Å². The third kappa shape index (κ3) is 5.43. The summed E-state index contributed by atoms with van der Waals surface area (Å²) < 4.78 is 9.96. The Morgan fingerprint density at radius 1 is 1.39 bits per heavy atom. The average Bonchev–Trinajstić information content (AvgIpc) is 2.39. The van der Waals surface area contributed by atoms with Crippen molar-refractivity contribution in [2.45, 2.75) is 20.3 Å². The van der Waals surface area contributed by atoms with Gasteiger partial charge < -0.3 is 20.3 Å². The molecule has 0 spiro atoms. The molecule has 0 aliphatic heterocycles. The summed E-state index contributed by atoms with van der Waals surface area (Å²) >= 11 is 0. The van der Waals surface area contributed by atoms with Gasteiger partial charge in [0.25, 0.3) is 0 Å². The van der Waals surface area contributed by atoms with Crippen LogP contribution in [0.1, 0.15) is 20.3 Å². The van der Waals surface area contributed by atoms with Crippen molar-refractivity contribution in [3.8, 4) is 11.5 Å². The summed E-state index contributed by atoms with van der Waals surface area (Å²) in [5.74, 6) is 0.503. The fourth-order valence-corrected chi connectivity index (χ4v) is 0.993. The summed E-state index contributed by atoms with van der Waals surface area (Å²) in [6.07, 6.45) is 0.718. The van der Waals surface area contributed by atoms with Gasteiger partial charge in [-0.15, -0.1) is 0 Å². The molecule has 0 amide bonds. The molecular formula is C13H21NO4. The first-order valence-corrected chi connectivity index (χ1v) is 5.66. The fraction of sp³-hybridized carbons (Fsp3) is 0.462. The SMILES string of the molecule is CCC(C)C(=O)O.COc1ccc(N)c(OC)c1. The number of aliphatic carboxylic acids is 1. The van der Waals surface area contributed by atoms with E-state index in [1.54, 1.807) is 39.3 Å². The lowest BCUT2D eigenvalue weighted by Gasteiger charge is -2.05. The van der Waals surface area contributed by atoms with Crippen molar-refractivity contribution in [1.82, 2.24) is 0 Å². The molecule has 1 unspecified atom stereocenters. The first-order valence-electron chi connectivity index (χ1n) is 5.66. The van der Waals surface area contributed by atoms with Crippen LogP contribution in [0.4, 0.5) is 5.69 Å². The molecule has 1 rings (SSSR count). The van der Waals surface area contributed by atoms with E-state index in [0.29, 0.717) is 11.4 Å². The zero-order valence-corrected chi connectivity index (χ0v) is 11.3. The van der Waals surface area contributed by atoms with E-state index < -0.39 is 5.97 Å². The van der Waals surface area contributed by atoms with Gasteiger partial charge in [-0.25, -0.2) is 0 Å². The van der Waals surface area contributed by atoms with Crippen LogP contribution in [0.25, 0.3) is 0 Å². The van der Waals surface area contributed by atoms with Gasteiger partial charge in [-0.05, 0) is 18.6 Å². The number of ether oxygens (including phenoxy) is 2. The number of carboxylic acid groups (broad SMARTS) is 1. The molecule has 3 N–H and O–H groups in total. The van der Waals surface area contributed by atoms with E-state index in [2.05, 4.69) is 0 Å². The second-order valence-electron chi connectivity index (χ2n) is 3.76. The van der Waals surface area contributed by atoms with Crippen LogP contribution >= 0.6 is 0 Å². The lowest BCUT2D eigenvalue weighted by molar-refractivity contribution is -0.141. The number of hydrogen-bond donors (Lipinski definition) is 2. The fourth-order valence-electron chi connectivity index (χ4n) is 0.993. The molecule has 0 fully saturated rings. The second-order valence-corrected chi connectivity index (χ2v) is 3.76. The molecule has 1 aromatic carbocycles. The van der Waals surface area contributed by atoms with Crippen molar-refractivity contribution in [2.75, 3.05) is 20.0 Å². The molecule has 0 heterocycles. The average molecular weight is 255 g/mol. The van der Waals surface area contributed by atoms with Crippen LogP contribution in [0.15, 0.2) is 18.2 Å². The Balaban J connectivity index is 0.000000360. The quantitative estimate of drug-likeness (QED) is 0.807. The lowest BCUT2D eigenvalue weighted by Crippen LogP contribution is -2.06. The van der Waals surface area contributed by atoms with Gasteiger partial charge in [0.15, 0.2) is 0 Å². The maximum Gasteiger partial charge on any atom is 0.306 e. The maximum atomic E-state index is 9.93. The van der Waals surface area contributed by atoms with Crippen LogP contribution in [-0.2, 0) is 4.79 Å². The zero-order valence-electron chi connectivity index (χ0n) is 11.3. The van der Waals surface area contributed by atoms with Gasteiger partial charge in [0.1, 0.15) is 11.5 Å². The smallest absolute Gasteiger partial charge is 0.306 e. The van der Waals surface area contributed by atoms with Crippen LogP contribution in [0, 0.1) is 5.92 Å². The van der Waals surface area contributed by atoms with E-state index in [9.17, 15) is 4.79 Å². The molecule has 0 aromatic heterocycles. The molecule has 1 aromatic rings. The largest absolute Gasteiger partial charge is 0.497 e. The number of rotatable bonds is 4. The highest BCUT2D eigenvalue weighted by Crippen LogP contribution is 2.25. The van der Waals surface area contributed by atoms with Gasteiger partial charge in [-0.1, -0.05) is 13.8 Å². The number of nitrogens with two attached hydrogens (primary N) is 1. The highest BCUT2D eigenvalue weighted by molar-refractivity contribution is 5.69. The Kier molecular flexibility index (Phi) is 7.35.